The van der Waals surface area contributed by atoms with Crippen LogP contribution in [-0.4, -0.2) is 35.4 Å². The van der Waals surface area contributed by atoms with Crippen LogP contribution < -0.4 is 10.1 Å². The van der Waals surface area contributed by atoms with E-state index in [9.17, 15) is 9.59 Å². The first-order valence-corrected chi connectivity index (χ1v) is 11.3. The Morgan fingerprint density at radius 3 is 2.45 bits per heavy atom. The number of nitrogens with one attached hydrogen (secondary N) is 1. The molecule has 2 aromatic rings. The first kappa shape index (κ1) is 23.1. The molecule has 0 bridgehead atoms. The standard InChI is InChI=1S/C25H31ClN2O3/c1-17-8-13-23(18(2)14-17)31-16-24(29)28(15-20-9-11-21(26)12-10-20)19(3)25(30)27-22-6-4-5-7-22/h8-14,19,22H,4-7,15-16H2,1-3H3,(H,27,30)/t19-/m0/s1. The van der Waals surface area contributed by atoms with Crippen molar-refractivity contribution in [2.75, 3.05) is 6.61 Å². The van der Waals surface area contributed by atoms with E-state index in [0.29, 0.717) is 17.3 Å². The number of benzene rings is 2. The van der Waals surface area contributed by atoms with E-state index in [1.165, 1.54) is 0 Å². The lowest BCUT2D eigenvalue weighted by atomic mass is 10.1. The third-order valence-corrected chi connectivity index (χ3v) is 6.07. The first-order chi connectivity index (χ1) is 14.8. The topological polar surface area (TPSA) is 58.6 Å². The van der Waals surface area contributed by atoms with Gasteiger partial charge in [0.25, 0.3) is 5.91 Å². The van der Waals surface area contributed by atoms with E-state index in [4.69, 9.17) is 16.3 Å². The fourth-order valence-electron chi connectivity index (χ4n) is 3.94. The van der Waals surface area contributed by atoms with Crippen molar-refractivity contribution in [1.29, 1.82) is 0 Å². The minimum absolute atomic E-state index is 0.124. The molecule has 0 heterocycles. The monoisotopic (exact) mass is 442 g/mol. The van der Waals surface area contributed by atoms with Crippen molar-refractivity contribution in [3.63, 3.8) is 0 Å². The molecule has 0 spiro atoms. The smallest absolute Gasteiger partial charge is 0.261 e. The van der Waals surface area contributed by atoms with Gasteiger partial charge in [0.15, 0.2) is 6.61 Å². The summed E-state index contributed by atoms with van der Waals surface area (Å²) in [6, 6.07) is 12.8. The van der Waals surface area contributed by atoms with Crippen LogP contribution >= 0.6 is 11.6 Å². The van der Waals surface area contributed by atoms with Crippen LogP contribution in [0.5, 0.6) is 5.75 Å². The molecule has 1 atom stereocenters. The van der Waals surface area contributed by atoms with Crippen LogP contribution in [0.4, 0.5) is 0 Å². The second-order valence-electron chi connectivity index (χ2n) is 8.37. The average molecular weight is 443 g/mol. The van der Waals surface area contributed by atoms with Crippen molar-refractivity contribution in [2.24, 2.45) is 0 Å². The molecule has 6 heteroatoms. The maximum atomic E-state index is 13.1. The fourth-order valence-corrected chi connectivity index (χ4v) is 4.07. The largest absolute Gasteiger partial charge is 0.483 e. The van der Waals surface area contributed by atoms with Crippen molar-refractivity contribution in [3.05, 3.63) is 64.2 Å². The Kier molecular flexibility index (Phi) is 7.97. The van der Waals surface area contributed by atoms with E-state index in [-0.39, 0.29) is 24.5 Å². The molecular weight excluding hydrogens is 412 g/mol. The molecule has 1 aliphatic rings. The van der Waals surface area contributed by atoms with Crippen LogP contribution in [0.2, 0.25) is 5.02 Å². The predicted molar refractivity (Wildman–Crippen MR) is 123 cm³/mol. The van der Waals surface area contributed by atoms with E-state index in [1.54, 1.807) is 24.0 Å². The number of hydrogen-bond donors (Lipinski definition) is 1. The summed E-state index contributed by atoms with van der Waals surface area (Å²) in [4.78, 5) is 27.6. The Morgan fingerprint density at radius 2 is 1.81 bits per heavy atom. The van der Waals surface area contributed by atoms with Crippen LogP contribution in [-0.2, 0) is 16.1 Å². The van der Waals surface area contributed by atoms with Crippen LogP contribution in [0, 0.1) is 13.8 Å². The summed E-state index contributed by atoms with van der Waals surface area (Å²) in [6.45, 7) is 5.93. The Balaban J connectivity index is 1.72. The number of amides is 2. The van der Waals surface area contributed by atoms with E-state index >= 15 is 0 Å². The maximum Gasteiger partial charge on any atom is 0.261 e. The zero-order valence-electron chi connectivity index (χ0n) is 18.5. The fraction of sp³-hybridized carbons (Fsp3) is 0.440. The summed E-state index contributed by atoms with van der Waals surface area (Å²) >= 11 is 6.00. The number of halogens is 1. The molecule has 1 fully saturated rings. The molecule has 1 aliphatic carbocycles. The quantitative estimate of drug-likeness (QED) is 0.638. The van der Waals surface area contributed by atoms with Gasteiger partial charge >= 0.3 is 0 Å². The Hall–Kier alpha value is -2.53. The lowest BCUT2D eigenvalue weighted by molar-refractivity contribution is -0.142. The highest BCUT2D eigenvalue weighted by Gasteiger charge is 2.28. The highest BCUT2D eigenvalue weighted by atomic mass is 35.5. The van der Waals surface area contributed by atoms with Gasteiger partial charge < -0.3 is 15.0 Å². The third kappa shape index (κ3) is 6.47. The molecule has 5 nitrogen and oxygen atoms in total. The molecule has 1 saturated carbocycles. The zero-order chi connectivity index (χ0) is 22.4. The number of aryl methyl sites for hydroxylation is 2. The molecule has 3 rings (SSSR count). The summed E-state index contributed by atoms with van der Waals surface area (Å²) < 4.78 is 5.81. The molecule has 31 heavy (non-hydrogen) atoms. The van der Waals surface area contributed by atoms with E-state index < -0.39 is 6.04 Å². The lowest BCUT2D eigenvalue weighted by Crippen LogP contribution is -2.50. The number of nitrogens with zero attached hydrogens (tertiary/aromatic N) is 1. The van der Waals surface area contributed by atoms with Gasteiger partial charge in [0.05, 0.1) is 0 Å². The van der Waals surface area contributed by atoms with Crippen LogP contribution in [0.1, 0.15) is 49.3 Å². The highest BCUT2D eigenvalue weighted by Crippen LogP contribution is 2.21. The Morgan fingerprint density at radius 1 is 1.13 bits per heavy atom. The molecule has 2 amide bonds. The van der Waals surface area contributed by atoms with Crippen LogP contribution in [0.25, 0.3) is 0 Å². The molecule has 0 saturated heterocycles. The van der Waals surface area contributed by atoms with E-state index in [0.717, 1.165) is 42.4 Å². The molecule has 0 aromatic heterocycles. The van der Waals surface area contributed by atoms with Gasteiger partial charge in [0, 0.05) is 17.6 Å². The van der Waals surface area contributed by atoms with Crippen LogP contribution in [0.15, 0.2) is 42.5 Å². The molecule has 2 aromatic carbocycles. The van der Waals surface area contributed by atoms with Gasteiger partial charge in [-0.25, -0.2) is 0 Å². The number of carbonyl (C=O) groups is 2. The van der Waals surface area contributed by atoms with Crippen molar-refractivity contribution in [2.45, 2.75) is 65.1 Å². The number of ether oxygens (including phenoxy) is 1. The van der Waals surface area contributed by atoms with Gasteiger partial charge in [0.2, 0.25) is 5.91 Å². The second kappa shape index (κ2) is 10.7. The molecule has 0 aliphatic heterocycles. The second-order valence-corrected chi connectivity index (χ2v) is 8.81. The summed E-state index contributed by atoms with van der Waals surface area (Å²) in [5.74, 6) is 0.318. The Labute approximate surface area is 189 Å². The zero-order valence-corrected chi connectivity index (χ0v) is 19.2. The van der Waals surface area contributed by atoms with Crippen LogP contribution in [0.3, 0.4) is 0 Å². The summed E-state index contributed by atoms with van der Waals surface area (Å²) in [5, 5.41) is 3.73. The SMILES string of the molecule is Cc1ccc(OCC(=O)N(Cc2ccc(Cl)cc2)[C@@H](C)C(=O)NC2CCCC2)c(C)c1. The van der Waals surface area contributed by atoms with Gasteiger partial charge in [-0.05, 0) is 62.9 Å². The van der Waals surface area contributed by atoms with Crippen molar-refractivity contribution < 1.29 is 14.3 Å². The predicted octanol–water partition coefficient (Wildman–Crippen LogP) is 4.81. The number of carbonyl (C=O) groups excluding carboxylic acids is 2. The maximum absolute atomic E-state index is 13.1. The van der Waals surface area contributed by atoms with E-state index in [1.807, 2.05) is 44.2 Å². The van der Waals surface area contributed by atoms with E-state index in [2.05, 4.69) is 5.32 Å². The highest BCUT2D eigenvalue weighted by molar-refractivity contribution is 6.30. The molecule has 1 N–H and O–H groups in total. The molecular formula is C25H31ClN2O3. The Bertz CT molecular complexity index is 907. The third-order valence-electron chi connectivity index (χ3n) is 5.82. The lowest BCUT2D eigenvalue weighted by Gasteiger charge is -2.29. The van der Waals surface area contributed by atoms with Gasteiger partial charge in [-0.2, -0.15) is 0 Å². The molecule has 0 radical (unpaired) electrons. The van der Waals surface area contributed by atoms with Crippen molar-refractivity contribution in [1.82, 2.24) is 10.2 Å². The normalized spacial score (nSPS) is 14.8. The van der Waals surface area contributed by atoms with Crippen molar-refractivity contribution >= 4 is 23.4 Å². The minimum Gasteiger partial charge on any atom is -0.483 e. The van der Waals surface area contributed by atoms with Gasteiger partial charge in [-0.3, -0.25) is 9.59 Å². The summed E-state index contributed by atoms with van der Waals surface area (Å²) in [7, 11) is 0. The van der Waals surface area contributed by atoms with Gasteiger partial charge in [-0.1, -0.05) is 54.3 Å². The minimum atomic E-state index is -0.605. The summed E-state index contributed by atoms with van der Waals surface area (Å²) in [5.41, 5.74) is 3.02. The summed E-state index contributed by atoms with van der Waals surface area (Å²) in [6.07, 6.45) is 4.27. The number of rotatable bonds is 8. The van der Waals surface area contributed by atoms with Gasteiger partial charge in [0.1, 0.15) is 11.8 Å². The van der Waals surface area contributed by atoms with Gasteiger partial charge in [-0.15, -0.1) is 0 Å². The molecule has 0 unspecified atom stereocenters. The first-order valence-electron chi connectivity index (χ1n) is 10.9. The molecule has 166 valence electrons. The van der Waals surface area contributed by atoms with Crippen molar-refractivity contribution in [3.8, 4) is 5.75 Å². The number of hydrogen-bond acceptors (Lipinski definition) is 3. The average Bonchev–Trinajstić information content (AvgIpc) is 3.25.